The van der Waals surface area contributed by atoms with Crippen LogP contribution in [-0.2, 0) is 15.9 Å². The van der Waals surface area contributed by atoms with E-state index in [4.69, 9.17) is 9.47 Å². The lowest BCUT2D eigenvalue weighted by Gasteiger charge is -2.22. The number of nitrogens with one attached hydrogen (secondary N) is 1. The number of methoxy groups -OCH3 is 1. The van der Waals surface area contributed by atoms with E-state index >= 15 is 0 Å². The molecule has 1 aromatic carbocycles. The first kappa shape index (κ1) is 15.4. The number of carbonyl (C=O) groups excluding carboxylic acids is 2. The maximum absolute atomic E-state index is 11.8. The van der Waals surface area contributed by atoms with E-state index in [1.165, 1.54) is 7.11 Å². The third-order valence-corrected chi connectivity index (χ3v) is 3.33. The number of alkyl carbamates (subject to hydrolysis) is 1. The van der Waals surface area contributed by atoms with Gasteiger partial charge in [-0.05, 0) is 56.9 Å². The van der Waals surface area contributed by atoms with Crippen LogP contribution in [0.1, 0.15) is 54.7 Å². The summed E-state index contributed by atoms with van der Waals surface area (Å²) in [6.07, 6.45) is 1.21. The molecule has 1 aliphatic rings. The van der Waals surface area contributed by atoms with E-state index in [2.05, 4.69) is 5.32 Å². The zero-order chi connectivity index (χ0) is 15.6. The fourth-order valence-electron chi connectivity index (χ4n) is 2.46. The minimum atomic E-state index is -0.514. The highest BCUT2D eigenvalue weighted by Crippen LogP contribution is 2.32. The van der Waals surface area contributed by atoms with Gasteiger partial charge in [-0.1, -0.05) is 6.07 Å². The SMILES string of the molecule is COC(=O)c1ccc2c(c1)CCC2NC(=O)OC(C)(C)C. The highest BCUT2D eigenvalue weighted by molar-refractivity contribution is 5.89. The van der Waals surface area contributed by atoms with Crippen LogP contribution >= 0.6 is 0 Å². The Balaban J connectivity index is 2.09. The Morgan fingerprint density at radius 2 is 2.00 bits per heavy atom. The zero-order valence-corrected chi connectivity index (χ0v) is 12.9. The molecule has 0 radical (unpaired) electrons. The van der Waals surface area contributed by atoms with Crippen LogP contribution in [0.5, 0.6) is 0 Å². The van der Waals surface area contributed by atoms with E-state index in [-0.39, 0.29) is 12.0 Å². The van der Waals surface area contributed by atoms with Crippen molar-refractivity contribution in [1.82, 2.24) is 5.32 Å². The monoisotopic (exact) mass is 291 g/mol. The minimum Gasteiger partial charge on any atom is -0.465 e. The molecule has 0 fully saturated rings. The molecule has 0 saturated carbocycles. The lowest BCUT2D eigenvalue weighted by atomic mass is 10.0. The topological polar surface area (TPSA) is 64.6 Å². The Bertz CT molecular complexity index is 560. The van der Waals surface area contributed by atoms with Crippen LogP contribution in [0.3, 0.4) is 0 Å². The van der Waals surface area contributed by atoms with Gasteiger partial charge in [0.15, 0.2) is 0 Å². The molecule has 5 nitrogen and oxygen atoms in total. The highest BCUT2D eigenvalue weighted by atomic mass is 16.6. The molecule has 5 heteroatoms. The maximum Gasteiger partial charge on any atom is 0.408 e. The largest absolute Gasteiger partial charge is 0.465 e. The first-order valence-corrected chi connectivity index (χ1v) is 7.01. The molecule has 1 aliphatic carbocycles. The predicted octanol–water partition coefficient (Wildman–Crippen LogP) is 2.99. The van der Waals surface area contributed by atoms with Crippen LogP contribution in [-0.4, -0.2) is 24.8 Å². The highest BCUT2D eigenvalue weighted by Gasteiger charge is 2.27. The van der Waals surface area contributed by atoms with E-state index in [9.17, 15) is 9.59 Å². The molecule has 21 heavy (non-hydrogen) atoms. The van der Waals surface area contributed by atoms with Crippen molar-refractivity contribution < 1.29 is 19.1 Å². The molecule has 1 aromatic rings. The average Bonchev–Trinajstić information content (AvgIpc) is 2.78. The van der Waals surface area contributed by atoms with Gasteiger partial charge in [0, 0.05) is 0 Å². The molecule has 2 rings (SSSR count). The first-order valence-electron chi connectivity index (χ1n) is 7.01. The minimum absolute atomic E-state index is 0.0680. The van der Waals surface area contributed by atoms with Crippen molar-refractivity contribution in [2.75, 3.05) is 7.11 Å². The van der Waals surface area contributed by atoms with Crippen molar-refractivity contribution in [2.45, 2.75) is 45.3 Å². The van der Waals surface area contributed by atoms with Gasteiger partial charge < -0.3 is 14.8 Å². The van der Waals surface area contributed by atoms with Crippen molar-refractivity contribution in [1.29, 1.82) is 0 Å². The van der Waals surface area contributed by atoms with Gasteiger partial charge in [0.05, 0.1) is 18.7 Å². The van der Waals surface area contributed by atoms with Crippen molar-refractivity contribution in [3.63, 3.8) is 0 Å². The average molecular weight is 291 g/mol. The fourth-order valence-corrected chi connectivity index (χ4v) is 2.46. The summed E-state index contributed by atoms with van der Waals surface area (Å²) in [5, 5.41) is 2.88. The second-order valence-electron chi connectivity index (χ2n) is 6.14. The first-order chi connectivity index (χ1) is 9.80. The molecule has 0 aliphatic heterocycles. The summed E-state index contributed by atoms with van der Waals surface area (Å²) in [5.41, 5.74) is 2.13. The standard InChI is InChI=1S/C16H21NO4/c1-16(2,3)21-15(19)17-13-8-6-10-9-11(14(18)20-4)5-7-12(10)13/h5,7,9,13H,6,8H2,1-4H3,(H,17,19). The predicted molar refractivity (Wildman–Crippen MR) is 78.2 cm³/mol. The molecule has 1 atom stereocenters. The van der Waals surface area contributed by atoms with Crippen LogP contribution in [0.2, 0.25) is 0 Å². The second kappa shape index (κ2) is 5.76. The Kier molecular flexibility index (Phi) is 4.21. The second-order valence-corrected chi connectivity index (χ2v) is 6.14. The van der Waals surface area contributed by atoms with Crippen LogP contribution in [0.15, 0.2) is 18.2 Å². The number of ether oxygens (including phenoxy) is 2. The number of hydrogen-bond acceptors (Lipinski definition) is 4. The Labute approximate surface area is 124 Å². The number of fused-ring (bicyclic) bond motifs is 1. The van der Waals surface area contributed by atoms with Gasteiger partial charge in [-0.15, -0.1) is 0 Å². The van der Waals surface area contributed by atoms with Gasteiger partial charge in [-0.3, -0.25) is 0 Å². The number of aryl methyl sites for hydroxylation is 1. The van der Waals surface area contributed by atoms with Crippen molar-refractivity contribution in [3.8, 4) is 0 Å². The quantitative estimate of drug-likeness (QED) is 0.851. The fraction of sp³-hybridized carbons (Fsp3) is 0.500. The summed E-state index contributed by atoms with van der Waals surface area (Å²) in [4.78, 5) is 23.4. The van der Waals surface area contributed by atoms with Gasteiger partial charge in [0.25, 0.3) is 0 Å². The van der Waals surface area contributed by atoms with Gasteiger partial charge in [0.2, 0.25) is 0 Å². The van der Waals surface area contributed by atoms with Gasteiger partial charge in [0.1, 0.15) is 5.60 Å². The van der Waals surface area contributed by atoms with E-state index < -0.39 is 11.7 Å². The Morgan fingerprint density at radius 1 is 1.29 bits per heavy atom. The molecule has 0 bridgehead atoms. The number of hydrogen-bond donors (Lipinski definition) is 1. The van der Waals surface area contributed by atoms with Crippen molar-refractivity contribution in [3.05, 3.63) is 34.9 Å². The molecule has 0 spiro atoms. The van der Waals surface area contributed by atoms with E-state index in [0.717, 1.165) is 24.0 Å². The number of benzene rings is 1. The van der Waals surface area contributed by atoms with Crippen LogP contribution in [0.4, 0.5) is 4.79 Å². The summed E-state index contributed by atoms with van der Waals surface area (Å²) in [6.45, 7) is 5.49. The molecule has 1 N–H and O–H groups in total. The molecule has 0 aromatic heterocycles. The number of carbonyl (C=O) groups is 2. The lowest BCUT2D eigenvalue weighted by Crippen LogP contribution is -2.34. The van der Waals surface area contributed by atoms with Crippen LogP contribution in [0, 0.1) is 0 Å². The third kappa shape index (κ3) is 3.74. The number of rotatable bonds is 2. The third-order valence-electron chi connectivity index (χ3n) is 3.33. The molecule has 1 amide bonds. The van der Waals surface area contributed by atoms with Gasteiger partial charge in [-0.25, -0.2) is 9.59 Å². The van der Waals surface area contributed by atoms with Crippen LogP contribution < -0.4 is 5.32 Å². The van der Waals surface area contributed by atoms with Crippen LogP contribution in [0.25, 0.3) is 0 Å². The summed E-state index contributed by atoms with van der Waals surface area (Å²) in [5.74, 6) is -0.346. The summed E-state index contributed by atoms with van der Waals surface area (Å²) >= 11 is 0. The molecular weight excluding hydrogens is 270 g/mol. The Hall–Kier alpha value is -2.04. The number of amides is 1. The number of esters is 1. The summed E-state index contributed by atoms with van der Waals surface area (Å²) in [6, 6.07) is 5.36. The lowest BCUT2D eigenvalue weighted by molar-refractivity contribution is 0.0502. The Morgan fingerprint density at radius 3 is 2.62 bits per heavy atom. The van der Waals surface area contributed by atoms with E-state index in [1.54, 1.807) is 6.07 Å². The molecule has 0 heterocycles. The maximum atomic E-state index is 11.8. The smallest absolute Gasteiger partial charge is 0.408 e. The van der Waals surface area contributed by atoms with Crippen molar-refractivity contribution in [2.24, 2.45) is 0 Å². The van der Waals surface area contributed by atoms with Gasteiger partial charge in [-0.2, -0.15) is 0 Å². The van der Waals surface area contributed by atoms with Gasteiger partial charge >= 0.3 is 12.1 Å². The summed E-state index contributed by atoms with van der Waals surface area (Å²) in [7, 11) is 1.36. The molecule has 1 unspecified atom stereocenters. The van der Waals surface area contributed by atoms with E-state index in [1.807, 2.05) is 32.9 Å². The van der Waals surface area contributed by atoms with E-state index in [0.29, 0.717) is 5.56 Å². The molecule has 0 saturated heterocycles. The molecular formula is C16H21NO4. The zero-order valence-electron chi connectivity index (χ0n) is 12.9. The normalized spacial score (nSPS) is 17.0. The van der Waals surface area contributed by atoms with Crippen molar-refractivity contribution >= 4 is 12.1 Å². The molecule has 114 valence electrons. The summed E-state index contributed by atoms with van der Waals surface area (Å²) < 4.78 is 9.98.